The summed E-state index contributed by atoms with van der Waals surface area (Å²) in [6, 6.07) is 13.7. The van der Waals surface area contributed by atoms with Gasteiger partial charge in [-0.05, 0) is 17.7 Å². The Kier molecular flexibility index (Phi) is 6.37. The molecule has 0 atom stereocenters. The number of carbonyl (C=O) groups is 1. The maximum Gasteiger partial charge on any atom is 0.407 e. The molecule has 0 bridgehead atoms. The van der Waals surface area contributed by atoms with Gasteiger partial charge in [0.15, 0.2) is 0 Å². The second-order valence-corrected chi connectivity index (χ2v) is 5.07. The van der Waals surface area contributed by atoms with Crippen LogP contribution in [0.5, 0.6) is 0 Å². The van der Waals surface area contributed by atoms with E-state index in [1.807, 2.05) is 30.3 Å². The number of nitrogen functional groups attached to an aromatic ring is 1. The molecule has 1 amide bonds. The summed E-state index contributed by atoms with van der Waals surface area (Å²) in [4.78, 5) is 21.8. The largest absolute Gasteiger partial charge is 0.445 e. The van der Waals surface area contributed by atoms with Crippen molar-refractivity contribution in [3.05, 3.63) is 69.8 Å². The van der Waals surface area contributed by atoms with Crippen LogP contribution in [-0.4, -0.2) is 17.6 Å². The average Bonchev–Trinajstić information content (AvgIpc) is 2.61. The quantitative estimate of drug-likeness (QED) is 0.286. The number of alkyl carbamates (subject to hydrolysis) is 1. The van der Waals surface area contributed by atoms with E-state index in [0.29, 0.717) is 18.5 Å². The van der Waals surface area contributed by atoms with Gasteiger partial charge < -0.3 is 15.8 Å². The number of benzene rings is 2. The molecular weight excluding hydrogens is 322 g/mol. The second kappa shape index (κ2) is 8.93. The number of nitrogens with one attached hydrogen (secondary N) is 1. The molecule has 0 fully saturated rings. The molecule has 7 nitrogen and oxygen atoms in total. The van der Waals surface area contributed by atoms with E-state index in [1.54, 1.807) is 6.07 Å². The monoisotopic (exact) mass is 339 g/mol. The Morgan fingerprint density at radius 1 is 1.24 bits per heavy atom. The Morgan fingerprint density at radius 3 is 2.72 bits per heavy atom. The zero-order chi connectivity index (χ0) is 18.1. The summed E-state index contributed by atoms with van der Waals surface area (Å²) in [7, 11) is 0. The third-order valence-corrected chi connectivity index (χ3v) is 3.19. The number of carbonyl (C=O) groups excluding carboxylic acids is 1. The molecule has 0 radical (unpaired) electrons. The van der Waals surface area contributed by atoms with E-state index in [0.717, 1.165) is 5.56 Å². The van der Waals surface area contributed by atoms with Gasteiger partial charge in [-0.1, -0.05) is 42.2 Å². The van der Waals surface area contributed by atoms with Crippen molar-refractivity contribution in [2.75, 3.05) is 12.3 Å². The summed E-state index contributed by atoms with van der Waals surface area (Å²) in [6.07, 6.45) is -0.132. The fourth-order valence-corrected chi connectivity index (χ4v) is 1.95. The first-order chi connectivity index (χ1) is 12.1. The van der Waals surface area contributed by atoms with Crippen LogP contribution in [0.3, 0.4) is 0 Å². The zero-order valence-electron chi connectivity index (χ0n) is 13.4. The first-order valence-corrected chi connectivity index (χ1v) is 7.53. The minimum Gasteiger partial charge on any atom is -0.445 e. The molecule has 0 unspecified atom stereocenters. The van der Waals surface area contributed by atoms with E-state index in [2.05, 4.69) is 17.2 Å². The molecule has 0 heterocycles. The average molecular weight is 339 g/mol. The summed E-state index contributed by atoms with van der Waals surface area (Å²) in [5.74, 6) is 5.63. The topological polar surface area (TPSA) is 107 Å². The van der Waals surface area contributed by atoms with E-state index in [4.69, 9.17) is 10.5 Å². The molecule has 2 rings (SSSR count). The van der Waals surface area contributed by atoms with Gasteiger partial charge >= 0.3 is 6.09 Å². The van der Waals surface area contributed by atoms with Crippen molar-refractivity contribution < 1.29 is 14.5 Å². The highest BCUT2D eigenvalue weighted by Gasteiger charge is 2.10. The number of nitro groups is 1. The first-order valence-electron chi connectivity index (χ1n) is 7.53. The SMILES string of the molecule is Nc1ccc(C#CCCNC(=O)OCc2ccccc2)cc1[N+](=O)[O-]. The smallest absolute Gasteiger partial charge is 0.407 e. The fraction of sp³-hybridized carbons (Fsp3) is 0.167. The Bertz CT molecular complexity index is 810. The maximum atomic E-state index is 11.5. The number of anilines is 1. The number of amides is 1. The fourth-order valence-electron chi connectivity index (χ4n) is 1.95. The lowest BCUT2D eigenvalue weighted by atomic mass is 10.2. The lowest BCUT2D eigenvalue weighted by Gasteiger charge is -2.05. The highest BCUT2D eigenvalue weighted by molar-refractivity contribution is 5.67. The number of ether oxygens (including phenoxy) is 1. The van der Waals surface area contributed by atoms with Crippen molar-refractivity contribution in [1.29, 1.82) is 0 Å². The van der Waals surface area contributed by atoms with Crippen LogP contribution in [-0.2, 0) is 11.3 Å². The molecule has 2 aromatic rings. The standard InChI is InChI=1S/C18H17N3O4/c19-16-10-9-14(12-17(16)21(23)24)6-4-5-11-20-18(22)25-13-15-7-2-1-3-8-15/h1-3,7-10,12H,5,11,13,19H2,(H,20,22). The van der Waals surface area contributed by atoms with Gasteiger partial charge in [0, 0.05) is 24.6 Å². The second-order valence-electron chi connectivity index (χ2n) is 5.07. The molecular formula is C18H17N3O4. The molecule has 2 aromatic carbocycles. The van der Waals surface area contributed by atoms with E-state index in [-0.39, 0.29) is 18.0 Å². The summed E-state index contributed by atoms with van der Waals surface area (Å²) in [6.45, 7) is 0.519. The minimum atomic E-state index is -0.551. The van der Waals surface area contributed by atoms with Crippen LogP contribution in [0.25, 0.3) is 0 Å². The number of hydrogen-bond acceptors (Lipinski definition) is 5. The Balaban J connectivity index is 1.74. The predicted octanol–water partition coefficient (Wildman–Crippen LogP) is 2.85. The Hall–Kier alpha value is -3.53. The number of hydrogen-bond donors (Lipinski definition) is 2. The summed E-state index contributed by atoms with van der Waals surface area (Å²) in [5, 5.41) is 13.4. The van der Waals surface area contributed by atoms with E-state index in [9.17, 15) is 14.9 Å². The first kappa shape index (κ1) is 17.8. The number of rotatable bonds is 5. The maximum absolute atomic E-state index is 11.5. The van der Waals surface area contributed by atoms with Crippen molar-refractivity contribution in [3.8, 4) is 11.8 Å². The lowest BCUT2D eigenvalue weighted by Crippen LogP contribution is -2.24. The van der Waals surface area contributed by atoms with E-state index >= 15 is 0 Å². The molecule has 0 aromatic heterocycles. The van der Waals surface area contributed by atoms with Crippen molar-refractivity contribution in [2.24, 2.45) is 0 Å². The van der Waals surface area contributed by atoms with Gasteiger partial charge in [0.25, 0.3) is 5.69 Å². The van der Waals surface area contributed by atoms with Crippen molar-refractivity contribution in [2.45, 2.75) is 13.0 Å². The molecule has 3 N–H and O–H groups in total. The molecule has 0 aliphatic carbocycles. The molecule has 0 saturated heterocycles. The third kappa shape index (κ3) is 5.88. The van der Waals surface area contributed by atoms with Crippen LogP contribution in [0.2, 0.25) is 0 Å². The van der Waals surface area contributed by atoms with Gasteiger partial charge in [0.05, 0.1) is 4.92 Å². The van der Waals surface area contributed by atoms with Gasteiger partial charge in [-0.3, -0.25) is 10.1 Å². The molecule has 25 heavy (non-hydrogen) atoms. The highest BCUT2D eigenvalue weighted by atomic mass is 16.6. The molecule has 0 saturated carbocycles. The number of nitrogens with zero attached hydrogens (tertiary/aromatic N) is 1. The third-order valence-electron chi connectivity index (χ3n) is 3.19. The van der Waals surface area contributed by atoms with Crippen molar-refractivity contribution in [1.82, 2.24) is 5.32 Å². The van der Waals surface area contributed by atoms with Crippen molar-refractivity contribution >= 4 is 17.5 Å². The zero-order valence-corrected chi connectivity index (χ0v) is 13.4. The van der Waals surface area contributed by atoms with Crippen LogP contribution >= 0.6 is 0 Å². The normalized spacial score (nSPS) is 9.60. The van der Waals surface area contributed by atoms with E-state index in [1.165, 1.54) is 12.1 Å². The molecule has 7 heteroatoms. The van der Waals surface area contributed by atoms with Gasteiger partial charge in [0.2, 0.25) is 0 Å². The van der Waals surface area contributed by atoms with Gasteiger partial charge in [-0.25, -0.2) is 4.79 Å². The molecule has 0 aliphatic rings. The summed E-state index contributed by atoms with van der Waals surface area (Å²) < 4.78 is 5.06. The summed E-state index contributed by atoms with van der Waals surface area (Å²) in [5.41, 5.74) is 6.84. The molecule has 0 spiro atoms. The van der Waals surface area contributed by atoms with Gasteiger partial charge in [0.1, 0.15) is 12.3 Å². The minimum absolute atomic E-state index is 0.0957. The van der Waals surface area contributed by atoms with Crippen molar-refractivity contribution in [3.63, 3.8) is 0 Å². The van der Waals surface area contributed by atoms with Crippen LogP contribution in [0, 0.1) is 22.0 Å². The summed E-state index contributed by atoms with van der Waals surface area (Å²) >= 11 is 0. The molecule has 128 valence electrons. The van der Waals surface area contributed by atoms with Crippen LogP contribution in [0.1, 0.15) is 17.5 Å². The van der Waals surface area contributed by atoms with Gasteiger partial charge in [-0.2, -0.15) is 0 Å². The van der Waals surface area contributed by atoms with Crippen LogP contribution in [0.15, 0.2) is 48.5 Å². The Morgan fingerprint density at radius 2 is 2.00 bits per heavy atom. The number of nitrogens with two attached hydrogens (primary N) is 1. The lowest BCUT2D eigenvalue weighted by molar-refractivity contribution is -0.383. The Labute approximate surface area is 144 Å². The van der Waals surface area contributed by atoms with Gasteiger partial charge in [-0.15, -0.1) is 0 Å². The predicted molar refractivity (Wildman–Crippen MR) is 93.6 cm³/mol. The van der Waals surface area contributed by atoms with Crippen LogP contribution < -0.4 is 11.1 Å². The van der Waals surface area contributed by atoms with Crippen LogP contribution in [0.4, 0.5) is 16.2 Å². The number of nitro benzene ring substituents is 1. The van der Waals surface area contributed by atoms with E-state index < -0.39 is 11.0 Å². The highest BCUT2D eigenvalue weighted by Crippen LogP contribution is 2.21. The molecule has 0 aliphatic heterocycles.